The van der Waals surface area contributed by atoms with E-state index in [1.165, 1.54) is 16.4 Å². The molecule has 0 aliphatic carbocycles. The Hall–Kier alpha value is -0.500. The topological polar surface area (TPSA) is 63.4 Å². The monoisotopic (exact) mass is 322 g/mol. The van der Waals surface area contributed by atoms with Crippen LogP contribution in [-0.4, -0.2) is 31.9 Å². The zero-order valence-corrected chi connectivity index (χ0v) is 11.3. The van der Waals surface area contributed by atoms with Crippen LogP contribution in [0.25, 0.3) is 0 Å². The highest BCUT2D eigenvalue weighted by Gasteiger charge is 2.34. The molecule has 1 saturated heterocycles. The first kappa shape index (κ1) is 12.9. The SMILES string of the molecule is N[C@@H]1CCN(S(=O)(=O)c2c(F)cccc2Br)C1. The van der Waals surface area contributed by atoms with Crippen LogP contribution in [0.15, 0.2) is 27.6 Å². The van der Waals surface area contributed by atoms with Crippen molar-refractivity contribution >= 4 is 26.0 Å². The minimum Gasteiger partial charge on any atom is -0.326 e. The van der Waals surface area contributed by atoms with Crippen molar-refractivity contribution in [1.82, 2.24) is 4.31 Å². The van der Waals surface area contributed by atoms with Gasteiger partial charge in [0, 0.05) is 23.6 Å². The number of hydrogen-bond acceptors (Lipinski definition) is 3. The fourth-order valence-corrected chi connectivity index (χ4v) is 4.41. The molecule has 4 nitrogen and oxygen atoms in total. The van der Waals surface area contributed by atoms with E-state index in [1.54, 1.807) is 0 Å². The minimum atomic E-state index is -3.80. The zero-order chi connectivity index (χ0) is 12.6. The van der Waals surface area contributed by atoms with Gasteiger partial charge in [-0.3, -0.25) is 0 Å². The average molecular weight is 323 g/mol. The fraction of sp³-hybridized carbons (Fsp3) is 0.400. The van der Waals surface area contributed by atoms with Crippen LogP contribution in [-0.2, 0) is 10.0 Å². The van der Waals surface area contributed by atoms with E-state index in [4.69, 9.17) is 5.73 Å². The van der Waals surface area contributed by atoms with Crippen molar-refractivity contribution in [3.8, 4) is 0 Å². The molecule has 0 bridgehead atoms. The highest BCUT2D eigenvalue weighted by atomic mass is 79.9. The largest absolute Gasteiger partial charge is 0.326 e. The molecular weight excluding hydrogens is 311 g/mol. The molecule has 0 unspecified atom stereocenters. The van der Waals surface area contributed by atoms with Gasteiger partial charge in [-0.2, -0.15) is 4.31 Å². The van der Waals surface area contributed by atoms with E-state index >= 15 is 0 Å². The minimum absolute atomic E-state index is 0.171. The number of hydrogen-bond donors (Lipinski definition) is 1. The molecular formula is C10H12BrFN2O2S. The summed E-state index contributed by atoms with van der Waals surface area (Å²) in [5.74, 6) is -0.750. The van der Waals surface area contributed by atoms with Gasteiger partial charge in [0.25, 0.3) is 0 Å². The summed E-state index contributed by atoms with van der Waals surface area (Å²) < 4.78 is 39.5. The van der Waals surface area contributed by atoms with Crippen molar-refractivity contribution in [3.63, 3.8) is 0 Å². The summed E-state index contributed by atoms with van der Waals surface area (Å²) in [7, 11) is -3.80. The average Bonchev–Trinajstić information content (AvgIpc) is 2.64. The lowest BCUT2D eigenvalue weighted by Gasteiger charge is -2.17. The zero-order valence-electron chi connectivity index (χ0n) is 8.94. The van der Waals surface area contributed by atoms with E-state index in [2.05, 4.69) is 15.9 Å². The summed E-state index contributed by atoms with van der Waals surface area (Å²) in [4.78, 5) is -0.311. The molecule has 2 rings (SSSR count). The van der Waals surface area contributed by atoms with Crippen molar-refractivity contribution in [2.45, 2.75) is 17.4 Å². The van der Waals surface area contributed by atoms with Gasteiger partial charge in [0.05, 0.1) is 0 Å². The summed E-state index contributed by atoms with van der Waals surface area (Å²) in [6, 6.07) is 3.92. The van der Waals surface area contributed by atoms with Crippen LogP contribution in [0.1, 0.15) is 6.42 Å². The second kappa shape index (κ2) is 4.64. The van der Waals surface area contributed by atoms with Crippen molar-refractivity contribution in [2.75, 3.05) is 13.1 Å². The molecule has 0 saturated carbocycles. The third-order valence-electron chi connectivity index (χ3n) is 2.70. The van der Waals surface area contributed by atoms with Gasteiger partial charge in [0.1, 0.15) is 10.7 Å². The molecule has 17 heavy (non-hydrogen) atoms. The molecule has 1 aliphatic heterocycles. The second-order valence-corrected chi connectivity index (χ2v) is 6.69. The maximum Gasteiger partial charge on any atom is 0.247 e. The predicted octanol–water partition coefficient (Wildman–Crippen LogP) is 1.31. The lowest BCUT2D eigenvalue weighted by atomic mass is 10.3. The van der Waals surface area contributed by atoms with Gasteiger partial charge >= 0.3 is 0 Å². The second-order valence-electron chi connectivity index (χ2n) is 3.96. The molecule has 0 spiro atoms. The smallest absolute Gasteiger partial charge is 0.247 e. The van der Waals surface area contributed by atoms with Gasteiger partial charge in [-0.25, -0.2) is 12.8 Å². The van der Waals surface area contributed by atoms with Crippen LogP contribution in [0.3, 0.4) is 0 Å². The molecule has 1 heterocycles. The highest BCUT2D eigenvalue weighted by molar-refractivity contribution is 9.10. The lowest BCUT2D eigenvalue weighted by Crippen LogP contribution is -2.32. The number of nitrogens with zero attached hydrogens (tertiary/aromatic N) is 1. The van der Waals surface area contributed by atoms with Crippen LogP contribution in [0, 0.1) is 5.82 Å². The molecule has 7 heteroatoms. The molecule has 0 aromatic heterocycles. The molecule has 1 fully saturated rings. The number of benzene rings is 1. The maximum atomic E-state index is 13.6. The number of nitrogens with two attached hydrogens (primary N) is 1. The maximum absolute atomic E-state index is 13.6. The normalized spacial score (nSPS) is 21.9. The van der Waals surface area contributed by atoms with Crippen LogP contribution in [0.4, 0.5) is 4.39 Å². The van der Waals surface area contributed by atoms with E-state index in [9.17, 15) is 12.8 Å². The van der Waals surface area contributed by atoms with Crippen molar-refractivity contribution in [1.29, 1.82) is 0 Å². The Morgan fingerprint density at radius 1 is 1.47 bits per heavy atom. The fourth-order valence-electron chi connectivity index (χ4n) is 1.83. The van der Waals surface area contributed by atoms with Crippen LogP contribution < -0.4 is 5.73 Å². The Morgan fingerprint density at radius 2 is 2.18 bits per heavy atom. The Bertz CT molecular complexity index is 515. The first-order valence-corrected chi connectivity index (χ1v) is 7.36. The van der Waals surface area contributed by atoms with Crippen LogP contribution in [0.2, 0.25) is 0 Å². The van der Waals surface area contributed by atoms with E-state index in [1.807, 2.05) is 0 Å². The highest BCUT2D eigenvalue weighted by Crippen LogP contribution is 2.29. The lowest BCUT2D eigenvalue weighted by molar-refractivity contribution is 0.464. The molecule has 2 N–H and O–H groups in total. The van der Waals surface area contributed by atoms with E-state index < -0.39 is 15.8 Å². The third kappa shape index (κ3) is 2.37. The summed E-state index contributed by atoms with van der Waals surface area (Å²) in [5.41, 5.74) is 5.66. The van der Waals surface area contributed by atoms with Crippen molar-refractivity contribution in [2.24, 2.45) is 5.73 Å². The standard InChI is InChI=1S/C10H12BrFN2O2S/c11-8-2-1-3-9(12)10(8)17(15,16)14-5-4-7(13)6-14/h1-3,7H,4-6,13H2/t7-/m1/s1. The first-order valence-electron chi connectivity index (χ1n) is 5.12. The van der Waals surface area contributed by atoms with Gasteiger partial charge in [-0.1, -0.05) is 6.07 Å². The van der Waals surface area contributed by atoms with Crippen LogP contribution >= 0.6 is 15.9 Å². The van der Waals surface area contributed by atoms with Gasteiger partial charge in [0.2, 0.25) is 10.0 Å². The third-order valence-corrected chi connectivity index (χ3v) is 5.57. The molecule has 1 aromatic rings. The van der Waals surface area contributed by atoms with Gasteiger partial charge < -0.3 is 5.73 Å². The first-order chi connectivity index (χ1) is 7.93. The molecule has 1 atom stereocenters. The Kier molecular flexibility index (Phi) is 3.53. The Labute approximate surface area is 108 Å². The van der Waals surface area contributed by atoms with E-state index in [0.717, 1.165) is 6.07 Å². The number of sulfonamides is 1. The molecule has 1 aromatic carbocycles. The summed E-state index contributed by atoms with van der Waals surface area (Å²) in [5, 5.41) is 0. The Balaban J connectivity index is 2.45. The number of halogens is 2. The predicted molar refractivity (Wildman–Crippen MR) is 65.5 cm³/mol. The van der Waals surface area contributed by atoms with Gasteiger partial charge in [0.15, 0.2) is 0 Å². The Morgan fingerprint density at radius 3 is 2.71 bits per heavy atom. The summed E-state index contributed by atoms with van der Waals surface area (Å²) in [6.45, 7) is 0.577. The van der Waals surface area contributed by atoms with E-state index in [0.29, 0.717) is 13.0 Å². The van der Waals surface area contributed by atoms with Gasteiger partial charge in [-0.15, -0.1) is 0 Å². The van der Waals surface area contributed by atoms with Crippen molar-refractivity contribution in [3.05, 3.63) is 28.5 Å². The van der Waals surface area contributed by atoms with E-state index in [-0.39, 0.29) is 22.0 Å². The molecule has 94 valence electrons. The molecule has 1 aliphatic rings. The molecule has 0 radical (unpaired) electrons. The summed E-state index contributed by atoms with van der Waals surface area (Å²) in [6.07, 6.45) is 0.602. The quantitative estimate of drug-likeness (QED) is 0.893. The molecule has 0 amide bonds. The number of rotatable bonds is 2. The van der Waals surface area contributed by atoms with Crippen molar-refractivity contribution < 1.29 is 12.8 Å². The van der Waals surface area contributed by atoms with Gasteiger partial charge in [-0.05, 0) is 34.5 Å². The van der Waals surface area contributed by atoms with Crippen LogP contribution in [0.5, 0.6) is 0 Å². The summed E-state index contributed by atoms with van der Waals surface area (Å²) >= 11 is 3.07.